The summed E-state index contributed by atoms with van der Waals surface area (Å²) in [5, 5.41) is 9.09. The molecule has 2 aliphatic rings. The Kier molecular flexibility index (Phi) is 18.8. The number of carbonyl (C=O) groups excluding carboxylic acids is 4. The minimum Gasteiger partial charge on any atom is -0.459 e. The molecule has 1 fully saturated rings. The number of nitrogens with zero attached hydrogens (tertiary/aromatic N) is 3. The molecule has 1 heterocycles. The molecule has 0 bridgehead atoms. The molecule has 2 aromatic carbocycles. The molecule has 322 valence electrons. The largest absolute Gasteiger partial charge is 0.459 e. The van der Waals surface area contributed by atoms with Gasteiger partial charge in [-0.2, -0.15) is 0 Å². The van der Waals surface area contributed by atoms with Crippen LogP contribution in [0, 0.1) is 0 Å². The first-order chi connectivity index (χ1) is 27.7. The predicted molar refractivity (Wildman–Crippen MR) is 222 cm³/mol. The van der Waals surface area contributed by atoms with Gasteiger partial charge >= 0.3 is 18.0 Å². The van der Waals surface area contributed by atoms with Crippen LogP contribution in [-0.4, -0.2) is 168 Å². The highest BCUT2D eigenvalue weighted by Crippen LogP contribution is 2.44. The predicted octanol–water partition coefficient (Wildman–Crippen LogP) is 2.87. The summed E-state index contributed by atoms with van der Waals surface area (Å²) >= 11 is 0. The van der Waals surface area contributed by atoms with Crippen LogP contribution in [0.3, 0.4) is 0 Å². The molecular weight excluding hydrogens is 745 g/mol. The third kappa shape index (κ3) is 17.4. The number of benzene rings is 2. The average Bonchev–Trinajstić information content (AvgIpc) is 3.46. The van der Waals surface area contributed by atoms with E-state index in [1.807, 2.05) is 80.5 Å². The molecule has 15 nitrogen and oxygen atoms in total. The van der Waals surface area contributed by atoms with Crippen LogP contribution in [0.15, 0.2) is 48.5 Å². The van der Waals surface area contributed by atoms with E-state index in [2.05, 4.69) is 40.2 Å². The Morgan fingerprint density at radius 2 is 1.07 bits per heavy atom. The van der Waals surface area contributed by atoms with E-state index in [0.29, 0.717) is 91.9 Å². The van der Waals surface area contributed by atoms with E-state index in [4.69, 9.17) is 23.7 Å². The molecule has 58 heavy (non-hydrogen) atoms. The number of amides is 2. The fraction of sp³-hybridized carbons (Fsp3) is 0.628. The topological polar surface area (TPSA) is 160 Å². The zero-order valence-corrected chi connectivity index (χ0v) is 35.4. The van der Waals surface area contributed by atoms with E-state index in [-0.39, 0.29) is 50.0 Å². The zero-order valence-electron chi connectivity index (χ0n) is 35.4. The molecule has 0 unspecified atom stereocenters. The van der Waals surface area contributed by atoms with Gasteiger partial charge in [0.15, 0.2) is 0 Å². The van der Waals surface area contributed by atoms with Crippen molar-refractivity contribution in [3.8, 4) is 11.1 Å². The van der Waals surface area contributed by atoms with Gasteiger partial charge in [-0.1, -0.05) is 48.5 Å². The molecule has 0 spiro atoms. The smallest absolute Gasteiger partial charge is 0.407 e. The van der Waals surface area contributed by atoms with Crippen LogP contribution in [0.4, 0.5) is 4.79 Å². The van der Waals surface area contributed by atoms with E-state index in [9.17, 15) is 19.2 Å². The number of rotatable bonds is 17. The maximum absolute atomic E-state index is 13.0. The van der Waals surface area contributed by atoms with Gasteiger partial charge < -0.3 is 39.6 Å². The molecule has 2 aromatic rings. The summed E-state index contributed by atoms with van der Waals surface area (Å²) in [6.45, 7) is 18.5. The van der Waals surface area contributed by atoms with E-state index in [0.717, 1.165) is 11.1 Å². The first kappa shape index (κ1) is 46.6. The second kappa shape index (κ2) is 23.5. The Labute approximate surface area is 344 Å². The molecule has 1 aliphatic heterocycles. The molecule has 4 rings (SSSR count). The highest BCUT2D eigenvalue weighted by Gasteiger charge is 2.29. The highest BCUT2D eigenvalue weighted by atomic mass is 16.6. The van der Waals surface area contributed by atoms with Gasteiger partial charge in [0.1, 0.15) is 17.8 Å². The van der Waals surface area contributed by atoms with Crippen molar-refractivity contribution in [1.29, 1.82) is 0 Å². The number of nitrogens with one attached hydrogen (secondary N) is 3. The second-order valence-electron chi connectivity index (χ2n) is 16.6. The molecule has 0 saturated carbocycles. The van der Waals surface area contributed by atoms with Gasteiger partial charge in [-0.25, -0.2) is 4.79 Å². The summed E-state index contributed by atoms with van der Waals surface area (Å²) in [7, 11) is 0. The van der Waals surface area contributed by atoms with Crippen molar-refractivity contribution in [2.24, 2.45) is 0 Å². The molecule has 0 aromatic heterocycles. The normalized spacial score (nSPS) is 16.3. The number of hydrogen-bond acceptors (Lipinski definition) is 13. The summed E-state index contributed by atoms with van der Waals surface area (Å²) in [6.07, 6.45) is -0.487. The first-order valence-corrected chi connectivity index (χ1v) is 20.5. The average molecular weight is 811 g/mol. The summed E-state index contributed by atoms with van der Waals surface area (Å²) < 4.78 is 27.9. The van der Waals surface area contributed by atoms with Crippen molar-refractivity contribution in [3.63, 3.8) is 0 Å². The van der Waals surface area contributed by atoms with E-state index >= 15 is 0 Å². The van der Waals surface area contributed by atoms with Crippen LogP contribution in [0.1, 0.15) is 58.6 Å². The molecule has 0 atom stereocenters. The quantitative estimate of drug-likeness (QED) is 0.122. The van der Waals surface area contributed by atoms with Gasteiger partial charge in [-0.15, -0.1) is 0 Å². The van der Waals surface area contributed by atoms with E-state index < -0.39 is 17.3 Å². The standard InChI is InChI=1S/C43H66N6O9/c1-42(2,3)57-39(51)30-47-19-15-44-16-20-48(31-40(52)58-43(4,5)6)22-24-49(23-21-47)29-38(50)45-17-25-54-27-28-55-26-18-46-41(53)56-32-37-35-13-9-7-11-33(35)34-12-8-10-14-36(34)37/h7-14,37,44H,15-32H2,1-6H3,(H,45,50)(H,46,53). The Balaban J connectivity index is 1.12. The van der Waals surface area contributed by atoms with Crippen molar-refractivity contribution in [1.82, 2.24) is 30.7 Å². The van der Waals surface area contributed by atoms with E-state index in [1.54, 1.807) is 0 Å². The number of alkyl carbamates (subject to hydrolysis) is 1. The summed E-state index contributed by atoms with van der Waals surface area (Å²) in [5.74, 6) is -0.723. The highest BCUT2D eigenvalue weighted by molar-refractivity contribution is 5.79. The number of fused-ring (bicyclic) bond motifs is 3. The minimum atomic E-state index is -0.576. The number of carbonyl (C=O) groups is 4. The molecule has 3 N–H and O–H groups in total. The summed E-state index contributed by atoms with van der Waals surface area (Å²) in [5.41, 5.74) is 3.54. The minimum absolute atomic E-state index is 0.00289. The van der Waals surface area contributed by atoms with Gasteiger partial charge in [-0.3, -0.25) is 29.1 Å². The SMILES string of the molecule is CC(C)(C)OC(=O)CN1CCNCCN(CC(=O)OC(C)(C)C)CCN(CC(=O)NCCOCCOCCNC(=O)OCC2c3ccccc3-c3ccccc32)CC1. The van der Waals surface area contributed by atoms with Crippen LogP contribution < -0.4 is 16.0 Å². The van der Waals surface area contributed by atoms with Crippen LogP contribution in [0.25, 0.3) is 11.1 Å². The molecular formula is C43H66N6O9. The Morgan fingerprint density at radius 3 is 1.55 bits per heavy atom. The monoisotopic (exact) mass is 810 g/mol. The van der Waals surface area contributed by atoms with Gasteiger partial charge in [-0.05, 0) is 63.8 Å². The zero-order chi connectivity index (χ0) is 42.0. The van der Waals surface area contributed by atoms with Crippen LogP contribution in [0.2, 0.25) is 0 Å². The van der Waals surface area contributed by atoms with Gasteiger partial charge in [0, 0.05) is 71.4 Å². The van der Waals surface area contributed by atoms with Crippen molar-refractivity contribution < 1.29 is 42.9 Å². The van der Waals surface area contributed by atoms with Gasteiger partial charge in [0.05, 0.1) is 46.1 Å². The lowest BCUT2D eigenvalue weighted by Gasteiger charge is -2.31. The third-order valence-electron chi connectivity index (χ3n) is 9.39. The number of ether oxygens (including phenoxy) is 5. The van der Waals surface area contributed by atoms with Gasteiger partial charge in [0.25, 0.3) is 0 Å². The lowest BCUT2D eigenvalue weighted by molar-refractivity contribution is -0.157. The molecule has 15 heteroatoms. The second-order valence-corrected chi connectivity index (χ2v) is 16.6. The molecule has 1 aliphatic carbocycles. The summed E-state index contributed by atoms with van der Waals surface area (Å²) in [6, 6.07) is 16.4. The maximum Gasteiger partial charge on any atom is 0.407 e. The fourth-order valence-electron chi connectivity index (χ4n) is 6.81. The van der Waals surface area contributed by atoms with Crippen LogP contribution in [-0.2, 0) is 38.1 Å². The maximum atomic E-state index is 13.0. The van der Waals surface area contributed by atoms with Crippen molar-refractivity contribution in [2.75, 3.05) is 118 Å². The molecule has 0 radical (unpaired) electrons. The van der Waals surface area contributed by atoms with Crippen LogP contribution >= 0.6 is 0 Å². The Hall–Kier alpha value is -4.12. The number of esters is 2. The number of hydrogen-bond donors (Lipinski definition) is 3. The Morgan fingerprint density at radius 1 is 0.621 bits per heavy atom. The van der Waals surface area contributed by atoms with Crippen LogP contribution in [0.5, 0.6) is 0 Å². The van der Waals surface area contributed by atoms with Crippen molar-refractivity contribution in [2.45, 2.75) is 58.7 Å². The van der Waals surface area contributed by atoms with Gasteiger partial charge in [0.2, 0.25) is 5.91 Å². The van der Waals surface area contributed by atoms with E-state index in [1.165, 1.54) is 11.1 Å². The lowest BCUT2D eigenvalue weighted by Crippen LogP contribution is -2.49. The summed E-state index contributed by atoms with van der Waals surface area (Å²) in [4.78, 5) is 56.9. The Bertz CT molecular complexity index is 1520. The third-order valence-corrected chi connectivity index (χ3v) is 9.39. The lowest BCUT2D eigenvalue weighted by atomic mass is 9.98. The molecule has 1 saturated heterocycles. The first-order valence-electron chi connectivity index (χ1n) is 20.5. The van der Waals surface area contributed by atoms with Crippen molar-refractivity contribution in [3.05, 3.63) is 59.7 Å². The van der Waals surface area contributed by atoms with Crippen molar-refractivity contribution >= 4 is 23.9 Å². The molecule has 2 amide bonds. The fourth-order valence-corrected chi connectivity index (χ4v) is 6.81.